The maximum atomic E-state index is 11.2. The van der Waals surface area contributed by atoms with Gasteiger partial charge in [0, 0.05) is 0 Å². The highest BCUT2D eigenvalue weighted by Crippen LogP contribution is 2.28. The summed E-state index contributed by atoms with van der Waals surface area (Å²) >= 11 is 0. The minimum absolute atomic E-state index is 0.362. The van der Waals surface area contributed by atoms with Gasteiger partial charge in [0.25, 0.3) is 0 Å². The second-order valence-corrected chi connectivity index (χ2v) is 23.7. The summed E-state index contributed by atoms with van der Waals surface area (Å²) in [5.41, 5.74) is 4.48. The van der Waals surface area contributed by atoms with Crippen LogP contribution in [0.4, 0.5) is 4.79 Å². The average Bonchev–Trinajstić information content (AvgIpc) is 2.03. The summed E-state index contributed by atoms with van der Waals surface area (Å²) in [5.74, 6) is 0. The molecule has 0 fully saturated rings. The third-order valence-electron chi connectivity index (χ3n) is 2.31. The van der Waals surface area contributed by atoms with Crippen LogP contribution in [-0.2, 0) is 18.0 Å². The molecular formula is C13H35NO5Si4. The van der Waals surface area contributed by atoms with Gasteiger partial charge < -0.3 is 23.7 Å². The van der Waals surface area contributed by atoms with Crippen LogP contribution in [-0.4, -0.2) is 53.0 Å². The van der Waals surface area contributed by atoms with E-state index in [1.807, 2.05) is 19.6 Å². The SMILES string of the molecule is C[Si](C)(C)OC(CC([SiH3])(O[Si](C)(C)C)O[Si](C)(C)C)OC(N)=O. The predicted octanol–water partition coefficient (Wildman–Crippen LogP) is 2.37. The standard InChI is InChI=1S/C13H35NO5Si4/c1-21(2,3)17-11(16-12(14)15)10-13(20,18-22(4,5)6)19-23(7,8)9/h11H,10H2,1-9,20H3,(H2,14,15). The van der Waals surface area contributed by atoms with Gasteiger partial charge in [-0.05, 0) is 58.9 Å². The molecule has 1 amide bonds. The Morgan fingerprint density at radius 2 is 1.35 bits per heavy atom. The van der Waals surface area contributed by atoms with Crippen LogP contribution in [0.25, 0.3) is 0 Å². The number of carbonyl (C=O) groups is 1. The van der Waals surface area contributed by atoms with Crippen LogP contribution in [0.15, 0.2) is 0 Å². The highest BCUT2D eigenvalue weighted by molar-refractivity contribution is 6.71. The molecule has 0 spiro atoms. The number of amides is 1. The summed E-state index contributed by atoms with van der Waals surface area (Å²) in [6.45, 7) is 18.8. The van der Waals surface area contributed by atoms with Crippen molar-refractivity contribution in [3.05, 3.63) is 0 Å². The van der Waals surface area contributed by atoms with Gasteiger partial charge in [0.05, 0.1) is 16.7 Å². The van der Waals surface area contributed by atoms with Gasteiger partial charge in [-0.1, -0.05) is 0 Å². The van der Waals surface area contributed by atoms with Crippen molar-refractivity contribution in [2.24, 2.45) is 5.73 Å². The predicted molar refractivity (Wildman–Crippen MR) is 105 cm³/mol. The van der Waals surface area contributed by atoms with E-state index in [1.54, 1.807) is 0 Å². The largest absolute Gasteiger partial charge is 0.421 e. The van der Waals surface area contributed by atoms with Crippen molar-refractivity contribution in [3.63, 3.8) is 0 Å². The molecule has 0 aliphatic rings. The van der Waals surface area contributed by atoms with E-state index in [0.717, 1.165) is 0 Å². The second kappa shape index (κ2) is 7.93. The van der Waals surface area contributed by atoms with Crippen molar-refractivity contribution in [1.82, 2.24) is 0 Å². The molecule has 0 rings (SSSR count). The first kappa shape index (κ1) is 23.0. The van der Waals surface area contributed by atoms with Crippen LogP contribution in [0.2, 0.25) is 58.9 Å². The van der Waals surface area contributed by atoms with Gasteiger partial charge in [-0.3, -0.25) is 0 Å². The minimum atomic E-state index is -1.91. The summed E-state index contributed by atoms with van der Waals surface area (Å²) < 4.78 is 23.9. The lowest BCUT2D eigenvalue weighted by molar-refractivity contribution is -0.128. The lowest BCUT2D eigenvalue weighted by Gasteiger charge is -2.42. The topological polar surface area (TPSA) is 80.0 Å². The van der Waals surface area contributed by atoms with Gasteiger partial charge >= 0.3 is 6.09 Å². The molecule has 138 valence electrons. The van der Waals surface area contributed by atoms with Crippen molar-refractivity contribution in [1.29, 1.82) is 0 Å². The van der Waals surface area contributed by atoms with Crippen LogP contribution in [0.5, 0.6) is 0 Å². The Hall–Kier alpha value is 0.0175. The molecule has 10 heteroatoms. The number of hydrogen-bond acceptors (Lipinski definition) is 5. The fraction of sp³-hybridized carbons (Fsp3) is 0.923. The zero-order chi connectivity index (χ0) is 18.7. The van der Waals surface area contributed by atoms with E-state index in [0.29, 0.717) is 16.7 Å². The van der Waals surface area contributed by atoms with Crippen LogP contribution in [0, 0.1) is 0 Å². The molecule has 1 unspecified atom stereocenters. The molecule has 2 N–H and O–H groups in total. The van der Waals surface area contributed by atoms with E-state index in [1.165, 1.54) is 0 Å². The van der Waals surface area contributed by atoms with Crippen molar-refractivity contribution in [2.75, 3.05) is 0 Å². The van der Waals surface area contributed by atoms with Gasteiger partial charge in [0.1, 0.15) is 5.41 Å². The monoisotopic (exact) mass is 397 g/mol. The second-order valence-electron chi connectivity index (χ2n) is 8.86. The first-order valence-corrected chi connectivity index (χ1v) is 19.2. The highest BCUT2D eigenvalue weighted by Gasteiger charge is 2.40. The molecule has 0 aromatic heterocycles. The first-order chi connectivity index (χ1) is 9.91. The molecule has 0 aromatic carbocycles. The zero-order valence-electron chi connectivity index (χ0n) is 16.4. The van der Waals surface area contributed by atoms with Gasteiger partial charge in [0.2, 0.25) is 6.29 Å². The average molecular weight is 398 g/mol. The Morgan fingerprint density at radius 1 is 0.957 bits per heavy atom. The van der Waals surface area contributed by atoms with Crippen molar-refractivity contribution in [2.45, 2.75) is 77.0 Å². The Morgan fingerprint density at radius 3 is 1.61 bits per heavy atom. The normalized spacial score (nSPS) is 15.5. The maximum absolute atomic E-state index is 11.2. The van der Waals surface area contributed by atoms with E-state index in [4.69, 9.17) is 23.7 Å². The van der Waals surface area contributed by atoms with E-state index in [9.17, 15) is 4.79 Å². The summed E-state index contributed by atoms with van der Waals surface area (Å²) in [7, 11) is -4.95. The Balaban J connectivity index is 5.37. The van der Waals surface area contributed by atoms with Gasteiger partial charge in [-0.25, -0.2) is 4.79 Å². The van der Waals surface area contributed by atoms with E-state index < -0.39 is 42.7 Å². The summed E-state index contributed by atoms with van der Waals surface area (Å²) in [6.07, 6.45) is -1.20. The minimum Gasteiger partial charge on any atom is -0.421 e. The first-order valence-electron chi connectivity index (χ1n) is 7.95. The zero-order valence-corrected chi connectivity index (χ0v) is 21.4. The Labute approximate surface area is 147 Å². The summed E-state index contributed by atoms with van der Waals surface area (Å²) in [4.78, 5) is 11.2. The van der Waals surface area contributed by atoms with E-state index in [-0.39, 0.29) is 0 Å². The fourth-order valence-electron chi connectivity index (χ4n) is 2.33. The number of primary amides is 1. The van der Waals surface area contributed by atoms with Gasteiger partial charge in [0.15, 0.2) is 25.0 Å². The van der Waals surface area contributed by atoms with Crippen molar-refractivity contribution in [3.8, 4) is 0 Å². The third-order valence-corrected chi connectivity index (χ3v) is 7.01. The molecule has 1 atom stereocenters. The van der Waals surface area contributed by atoms with Crippen LogP contribution in [0.3, 0.4) is 0 Å². The number of hydrogen-bond donors (Lipinski definition) is 1. The molecule has 0 aliphatic heterocycles. The van der Waals surface area contributed by atoms with Gasteiger partial charge in [-0.2, -0.15) is 0 Å². The molecule has 0 bridgehead atoms. The maximum Gasteiger partial charge on any atom is 0.406 e. The summed E-state index contributed by atoms with van der Waals surface area (Å²) in [5, 5.41) is 0. The number of ether oxygens (including phenoxy) is 1. The molecule has 0 radical (unpaired) electrons. The highest BCUT2D eigenvalue weighted by atomic mass is 28.4. The quantitative estimate of drug-likeness (QED) is 0.477. The Kier molecular flexibility index (Phi) is 7.94. The molecular weight excluding hydrogens is 362 g/mol. The lowest BCUT2D eigenvalue weighted by atomic mass is 10.4. The molecule has 0 heterocycles. The Bertz CT molecular complexity index is 385. The molecule has 0 saturated carbocycles. The molecule has 0 aromatic rings. The van der Waals surface area contributed by atoms with Crippen LogP contribution >= 0.6 is 0 Å². The number of nitrogens with two attached hydrogens (primary N) is 1. The van der Waals surface area contributed by atoms with Gasteiger partial charge in [-0.15, -0.1) is 0 Å². The van der Waals surface area contributed by atoms with Crippen LogP contribution in [0.1, 0.15) is 6.42 Å². The fourth-order valence-corrected chi connectivity index (χ4v) is 10.2. The van der Waals surface area contributed by atoms with Crippen molar-refractivity contribution >= 4 is 41.3 Å². The van der Waals surface area contributed by atoms with Crippen molar-refractivity contribution < 1.29 is 22.8 Å². The molecule has 0 saturated heterocycles. The smallest absolute Gasteiger partial charge is 0.406 e. The number of carbonyl (C=O) groups excluding carboxylic acids is 1. The molecule has 6 nitrogen and oxygen atoms in total. The lowest BCUT2D eigenvalue weighted by Crippen LogP contribution is -2.53. The summed E-state index contributed by atoms with van der Waals surface area (Å²) in [6, 6.07) is 0. The third kappa shape index (κ3) is 13.0. The molecule has 23 heavy (non-hydrogen) atoms. The molecule has 0 aliphatic carbocycles. The van der Waals surface area contributed by atoms with E-state index >= 15 is 0 Å². The van der Waals surface area contributed by atoms with E-state index in [2.05, 4.69) is 39.3 Å². The van der Waals surface area contributed by atoms with Crippen LogP contribution < -0.4 is 5.73 Å². The number of rotatable bonds is 9.